The first-order chi connectivity index (χ1) is 13.7. The minimum absolute atomic E-state index is 0.0533. The predicted molar refractivity (Wildman–Crippen MR) is 117 cm³/mol. The van der Waals surface area contributed by atoms with Gasteiger partial charge in [-0.15, -0.1) is 33.3 Å². The van der Waals surface area contributed by atoms with Gasteiger partial charge in [0.2, 0.25) is 5.91 Å². The zero-order chi connectivity index (χ0) is 19.3. The number of anilines is 2. The third-order valence-electron chi connectivity index (χ3n) is 4.91. The van der Waals surface area contributed by atoms with E-state index in [1.54, 1.807) is 23.1 Å². The topological polar surface area (TPSA) is 58.1 Å². The highest BCUT2D eigenvalue weighted by Crippen LogP contribution is 2.28. The van der Waals surface area contributed by atoms with E-state index in [0.29, 0.717) is 6.54 Å². The third kappa shape index (κ3) is 4.20. The lowest BCUT2D eigenvalue weighted by molar-refractivity contribution is -0.120. The summed E-state index contributed by atoms with van der Waals surface area (Å²) in [5, 5.41) is 13.9. The molecule has 28 heavy (non-hydrogen) atoms. The first-order valence-corrected chi connectivity index (χ1v) is 11.4. The van der Waals surface area contributed by atoms with Crippen molar-refractivity contribution in [2.24, 2.45) is 5.92 Å². The maximum atomic E-state index is 12.8. The second-order valence-corrected chi connectivity index (χ2v) is 8.52. The van der Waals surface area contributed by atoms with Gasteiger partial charge in [0.1, 0.15) is 5.69 Å². The first-order valence-electron chi connectivity index (χ1n) is 9.31. The van der Waals surface area contributed by atoms with Crippen molar-refractivity contribution in [1.29, 1.82) is 0 Å². The molecule has 144 valence electrons. The van der Waals surface area contributed by atoms with Crippen molar-refractivity contribution in [2.45, 2.75) is 17.7 Å². The Morgan fingerprint density at radius 2 is 2.07 bits per heavy atom. The smallest absolute Gasteiger partial charge is 0.229 e. The second kappa shape index (κ2) is 8.75. The molecule has 1 aliphatic rings. The van der Waals surface area contributed by atoms with Gasteiger partial charge < -0.3 is 10.2 Å². The molecule has 0 saturated carbocycles. The van der Waals surface area contributed by atoms with Crippen LogP contribution in [0.15, 0.2) is 58.8 Å². The van der Waals surface area contributed by atoms with Gasteiger partial charge in [-0.25, -0.2) is 0 Å². The molecule has 7 heteroatoms. The number of thiophene rings is 1. The maximum absolute atomic E-state index is 12.8. The van der Waals surface area contributed by atoms with Crippen LogP contribution in [0.1, 0.15) is 12.8 Å². The van der Waals surface area contributed by atoms with Crippen LogP contribution in [0.2, 0.25) is 0 Å². The molecule has 1 fully saturated rings. The standard InChI is InChI=1S/C21H22N4OS2/c1-27-18-8-3-2-7-16(18)22-21(26)15-6-4-12-25(14-15)20-11-10-17(23-24-20)19-9-5-13-28-19/h2-3,5,7-11,13,15H,4,6,12,14H2,1H3,(H,22,26). The fourth-order valence-corrected chi connectivity index (χ4v) is 4.68. The summed E-state index contributed by atoms with van der Waals surface area (Å²) < 4.78 is 0. The molecule has 1 unspecified atom stereocenters. The molecule has 1 amide bonds. The van der Waals surface area contributed by atoms with Gasteiger partial charge in [0.15, 0.2) is 5.82 Å². The number of aromatic nitrogens is 2. The van der Waals surface area contributed by atoms with E-state index in [4.69, 9.17) is 0 Å². The fourth-order valence-electron chi connectivity index (χ4n) is 3.43. The number of nitrogens with one attached hydrogen (secondary N) is 1. The molecule has 0 spiro atoms. The van der Waals surface area contributed by atoms with Crippen molar-refractivity contribution in [2.75, 3.05) is 29.6 Å². The Morgan fingerprint density at radius 3 is 2.82 bits per heavy atom. The lowest BCUT2D eigenvalue weighted by Gasteiger charge is -2.32. The fraction of sp³-hybridized carbons (Fsp3) is 0.286. The molecule has 1 atom stereocenters. The summed E-state index contributed by atoms with van der Waals surface area (Å²) in [4.78, 5) is 17.2. The summed E-state index contributed by atoms with van der Waals surface area (Å²) in [5.41, 5.74) is 1.77. The number of rotatable bonds is 5. The van der Waals surface area contributed by atoms with Gasteiger partial charge in [-0.3, -0.25) is 4.79 Å². The van der Waals surface area contributed by atoms with Crippen molar-refractivity contribution in [3.05, 3.63) is 53.9 Å². The Kier molecular flexibility index (Phi) is 5.92. The quantitative estimate of drug-likeness (QED) is 0.613. The van der Waals surface area contributed by atoms with E-state index in [0.717, 1.165) is 46.4 Å². The number of hydrogen-bond acceptors (Lipinski definition) is 6. The molecule has 0 radical (unpaired) electrons. The predicted octanol–water partition coefficient (Wildman–Crippen LogP) is 4.78. The molecule has 1 N–H and O–H groups in total. The summed E-state index contributed by atoms with van der Waals surface area (Å²) in [7, 11) is 0. The molecule has 1 saturated heterocycles. The van der Waals surface area contributed by atoms with E-state index in [-0.39, 0.29) is 11.8 Å². The first kappa shape index (κ1) is 19.0. The van der Waals surface area contributed by atoms with Crippen LogP contribution in [0.3, 0.4) is 0 Å². The summed E-state index contributed by atoms with van der Waals surface area (Å²) in [6, 6.07) is 16.0. The van der Waals surface area contributed by atoms with E-state index in [9.17, 15) is 4.79 Å². The Balaban J connectivity index is 1.43. The molecular formula is C21H22N4OS2. The van der Waals surface area contributed by atoms with E-state index >= 15 is 0 Å². The molecule has 3 aromatic rings. The van der Waals surface area contributed by atoms with Gasteiger partial charge in [-0.2, -0.15) is 0 Å². The zero-order valence-electron chi connectivity index (χ0n) is 15.7. The Morgan fingerprint density at radius 1 is 1.18 bits per heavy atom. The maximum Gasteiger partial charge on any atom is 0.229 e. The SMILES string of the molecule is CSc1ccccc1NC(=O)C1CCCN(c2ccc(-c3cccs3)nn2)C1. The average Bonchev–Trinajstić information content (AvgIpc) is 3.29. The number of hydrogen-bond donors (Lipinski definition) is 1. The van der Waals surface area contributed by atoms with Gasteiger partial charge in [-0.1, -0.05) is 18.2 Å². The van der Waals surface area contributed by atoms with Crippen molar-refractivity contribution in [1.82, 2.24) is 10.2 Å². The van der Waals surface area contributed by atoms with Gasteiger partial charge >= 0.3 is 0 Å². The van der Waals surface area contributed by atoms with Crippen LogP contribution in [-0.2, 0) is 4.79 Å². The third-order valence-corrected chi connectivity index (χ3v) is 6.59. The summed E-state index contributed by atoms with van der Waals surface area (Å²) >= 11 is 3.29. The van der Waals surface area contributed by atoms with Crippen LogP contribution >= 0.6 is 23.1 Å². The number of para-hydroxylation sites is 1. The normalized spacial score (nSPS) is 16.8. The Labute approximate surface area is 173 Å². The molecule has 1 aromatic carbocycles. The Hall–Kier alpha value is -2.38. The van der Waals surface area contributed by atoms with Crippen LogP contribution in [0.5, 0.6) is 0 Å². The number of carbonyl (C=O) groups excluding carboxylic acids is 1. The number of piperidine rings is 1. The van der Waals surface area contributed by atoms with Crippen LogP contribution in [0, 0.1) is 5.92 Å². The van der Waals surface area contributed by atoms with E-state index in [1.807, 2.05) is 60.2 Å². The van der Waals surface area contributed by atoms with Crippen molar-refractivity contribution >= 4 is 40.5 Å². The molecule has 2 aromatic heterocycles. The number of nitrogens with zero attached hydrogens (tertiary/aromatic N) is 3. The van der Waals surface area contributed by atoms with E-state index in [2.05, 4.69) is 20.4 Å². The van der Waals surface area contributed by atoms with Gasteiger partial charge in [0, 0.05) is 18.0 Å². The van der Waals surface area contributed by atoms with E-state index in [1.165, 1.54) is 0 Å². The summed E-state index contributed by atoms with van der Waals surface area (Å²) in [6.07, 6.45) is 3.88. The molecule has 1 aliphatic heterocycles. The van der Waals surface area contributed by atoms with Gasteiger partial charge in [0.25, 0.3) is 0 Å². The summed E-state index contributed by atoms with van der Waals surface area (Å²) in [6.45, 7) is 1.57. The number of thioether (sulfide) groups is 1. The lowest BCUT2D eigenvalue weighted by Crippen LogP contribution is -2.41. The molecule has 0 aliphatic carbocycles. The average molecular weight is 411 g/mol. The summed E-state index contributed by atoms with van der Waals surface area (Å²) in [5.74, 6) is 0.860. The van der Waals surface area contributed by atoms with Gasteiger partial charge in [-0.05, 0) is 54.8 Å². The highest BCUT2D eigenvalue weighted by molar-refractivity contribution is 7.98. The molecule has 5 nitrogen and oxygen atoms in total. The largest absolute Gasteiger partial charge is 0.354 e. The molecule has 0 bridgehead atoms. The van der Waals surface area contributed by atoms with Crippen LogP contribution in [0.25, 0.3) is 10.6 Å². The molecular weight excluding hydrogens is 388 g/mol. The van der Waals surface area contributed by atoms with Gasteiger partial charge in [0.05, 0.1) is 16.5 Å². The number of amides is 1. The molecule has 4 rings (SSSR count). The van der Waals surface area contributed by atoms with Crippen molar-refractivity contribution in [3.63, 3.8) is 0 Å². The minimum atomic E-state index is -0.0533. The van der Waals surface area contributed by atoms with Crippen molar-refractivity contribution in [3.8, 4) is 10.6 Å². The van der Waals surface area contributed by atoms with Crippen LogP contribution in [0.4, 0.5) is 11.5 Å². The van der Waals surface area contributed by atoms with Crippen LogP contribution in [-0.4, -0.2) is 35.4 Å². The minimum Gasteiger partial charge on any atom is -0.354 e. The monoisotopic (exact) mass is 410 g/mol. The zero-order valence-corrected chi connectivity index (χ0v) is 17.3. The Bertz CT molecular complexity index is 928. The highest BCUT2D eigenvalue weighted by atomic mass is 32.2. The second-order valence-electron chi connectivity index (χ2n) is 6.73. The van der Waals surface area contributed by atoms with E-state index < -0.39 is 0 Å². The highest BCUT2D eigenvalue weighted by Gasteiger charge is 2.27. The van der Waals surface area contributed by atoms with Crippen LogP contribution < -0.4 is 10.2 Å². The number of benzene rings is 1. The number of carbonyl (C=O) groups is 1. The lowest BCUT2D eigenvalue weighted by atomic mass is 9.97. The van der Waals surface area contributed by atoms with Crippen molar-refractivity contribution < 1.29 is 4.79 Å². The molecule has 3 heterocycles.